The van der Waals surface area contributed by atoms with Crippen LogP contribution in [-0.2, 0) is 11.8 Å². The zero-order valence-corrected chi connectivity index (χ0v) is 11.6. The third kappa shape index (κ3) is 2.03. The molecule has 1 aromatic rings. The highest BCUT2D eigenvalue weighted by Crippen LogP contribution is 2.39. The summed E-state index contributed by atoms with van der Waals surface area (Å²) in [6.07, 6.45) is 4.96. The number of hydrogen-bond acceptors (Lipinski definition) is 3. The van der Waals surface area contributed by atoms with Gasteiger partial charge in [-0.1, -0.05) is 13.8 Å². The van der Waals surface area contributed by atoms with E-state index in [1.165, 1.54) is 42.8 Å². The maximum Gasteiger partial charge on any atom is 0.153 e. The molecule has 4 nitrogen and oxygen atoms in total. The van der Waals surface area contributed by atoms with Crippen molar-refractivity contribution in [3.05, 3.63) is 11.3 Å². The van der Waals surface area contributed by atoms with Gasteiger partial charge in [0.1, 0.15) is 0 Å². The molecule has 0 saturated carbocycles. The molecule has 1 aliphatic heterocycles. The number of hydrogen-bond donors (Lipinski definition) is 2. The lowest BCUT2D eigenvalue weighted by molar-refractivity contribution is 0.420. The van der Waals surface area contributed by atoms with Crippen molar-refractivity contribution in [1.82, 2.24) is 15.5 Å². The van der Waals surface area contributed by atoms with Gasteiger partial charge in [-0.15, -0.1) is 0 Å². The summed E-state index contributed by atoms with van der Waals surface area (Å²) in [4.78, 5) is 2.46. The summed E-state index contributed by atoms with van der Waals surface area (Å²) in [5.74, 6) is 1.22. The normalized spacial score (nSPS) is 23.6. The second-order valence-corrected chi connectivity index (χ2v) is 6.23. The van der Waals surface area contributed by atoms with Crippen molar-refractivity contribution in [2.24, 2.45) is 0 Å². The summed E-state index contributed by atoms with van der Waals surface area (Å²) in [5.41, 5.74) is 3.12. The van der Waals surface area contributed by atoms with Gasteiger partial charge in [-0.25, -0.2) is 0 Å². The fraction of sp³-hybridized carbons (Fsp3) is 0.786. The Morgan fingerprint density at radius 2 is 2.06 bits per heavy atom. The molecule has 1 saturated heterocycles. The van der Waals surface area contributed by atoms with Crippen molar-refractivity contribution in [3.63, 3.8) is 0 Å². The minimum Gasteiger partial charge on any atom is -0.354 e. The van der Waals surface area contributed by atoms with Gasteiger partial charge in [-0.2, -0.15) is 5.10 Å². The zero-order valence-electron chi connectivity index (χ0n) is 11.6. The first-order chi connectivity index (χ1) is 8.68. The van der Waals surface area contributed by atoms with Crippen LogP contribution in [-0.4, -0.2) is 36.4 Å². The Kier molecular flexibility index (Phi) is 3.06. The van der Waals surface area contributed by atoms with Crippen molar-refractivity contribution < 1.29 is 0 Å². The average molecular weight is 248 g/mol. The molecule has 0 spiro atoms. The molecule has 18 heavy (non-hydrogen) atoms. The summed E-state index contributed by atoms with van der Waals surface area (Å²) in [6, 6.07) is 0. The van der Waals surface area contributed by atoms with Gasteiger partial charge in [-0.3, -0.25) is 5.10 Å². The molecule has 2 N–H and O–H groups in total. The number of H-pyrrole nitrogens is 1. The molecule has 1 aliphatic carbocycles. The molecule has 0 radical (unpaired) electrons. The summed E-state index contributed by atoms with van der Waals surface area (Å²) in [5, 5.41) is 11.4. The molecule has 4 heteroatoms. The van der Waals surface area contributed by atoms with Crippen LogP contribution in [0.1, 0.15) is 44.4 Å². The van der Waals surface area contributed by atoms with Crippen LogP contribution in [0.4, 0.5) is 5.82 Å². The van der Waals surface area contributed by atoms with Crippen LogP contribution in [0.5, 0.6) is 0 Å². The standard InChI is InChI=1S/C14H24N4/c1-14(2)6-3-5-11-12(14)16-17-13(11)18-9-4-7-15-8-10-18/h15H,3-10H2,1-2H3,(H,16,17). The van der Waals surface area contributed by atoms with Crippen LogP contribution in [0.3, 0.4) is 0 Å². The molecule has 2 heterocycles. The van der Waals surface area contributed by atoms with Crippen LogP contribution >= 0.6 is 0 Å². The molecule has 0 bridgehead atoms. The van der Waals surface area contributed by atoms with Gasteiger partial charge in [0, 0.05) is 36.3 Å². The molecule has 2 aliphatic rings. The first-order valence-electron chi connectivity index (χ1n) is 7.22. The molecule has 1 aromatic heterocycles. The number of nitrogens with one attached hydrogen (secondary N) is 2. The van der Waals surface area contributed by atoms with Gasteiger partial charge < -0.3 is 10.2 Å². The Bertz CT molecular complexity index is 413. The third-order valence-corrected chi connectivity index (χ3v) is 4.39. The van der Waals surface area contributed by atoms with E-state index in [4.69, 9.17) is 0 Å². The van der Waals surface area contributed by atoms with Gasteiger partial charge in [-0.05, 0) is 32.2 Å². The fourth-order valence-electron chi connectivity index (χ4n) is 3.30. The predicted octanol–water partition coefficient (Wildman–Crippen LogP) is 1.82. The lowest BCUT2D eigenvalue weighted by atomic mass is 9.76. The highest BCUT2D eigenvalue weighted by Gasteiger charge is 2.32. The van der Waals surface area contributed by atoms with Crippen LogP contribution in [0.25, 0.3) is 0 Å². The first kappa shape index (κ1) is 12.0. The molecular formula is C14H24N4. The molecule has 0 amide bonds. The molecule has 3 rings (SSSR count). The van der Waals surface area contributed by atoms with Gasteiger partial charge >= 0.3 is 0 Å². The third-order valence-electron chi connectivity index (χ3n) is 4.39. The van der Waals surface area contributed by atoms with E-state index in [1.807, 2.05) is 0 Å². The van der Waals surface area contributed by atoms with E-state index < -0.39 is 0 Å². The van der Waals surface area contributed by atoms with Crippen LogP contribution < -0.4 is 10.2 Å². The number of aromatic amines is 1. The van der Waals surface area contributed by atoms with Crippen molar-refractivity contribution in [1.29, 1.82) is 0 Å². The minimum absolute atomic E-state index is 0.267. The predicted molar refractivity (Wildman–Crippen MR) is 74.3 cm³/mol. The smallest absolute Gasteiger partial charge is 0.153 e. The fourth-order valence-corrected chi connectivity index (χ4v) is 3.30. The van der Waals surface area contributed by atoms with E-state index in [2.05, 4.69) is 34.3 Å². The van der Waals surface area contributed by atoms with E-state index in [-0.39, 0.29) is 5.41 Å². The van der Waals surface area contributed by atoms with E-state index >= 15 is 0 Å². The second kappa shape index (κ2) is 4.57. The Morgan fingerprint density at radius 3 is 2.94 bits per heavy atom. The monoisotopic (exact) mass is 248 g/mol. The lowest BCUT2D eigenvalue weighted by Crippen LogP contribution is -2.30. The maximum absolute atomic E-state index is 4.63. The zero-order chi connectivity index (χ0) is 12.6. The topological polar surface area (TPSA) is 44.0 Å². The van der Waals surface area contributed by atoms with Crippen LogP contribution in [0, 0.1) is 0 Å². The van der Waals surface area contributed by atoms with Crippen molar-refractivity contribution in [2.75, 3.05) is 31.1 Å². The van der Waals surface area contributed by atoms with E-state index in [0.29, 0.717) is 0 Å². The van der Waals surface area contributed by atoms with Gasteiger partial charge in [0.2, 0.25) is 0 Å². The Hall–Kier alpha value is -1.03. The SMILES string of the molecule is CC1(C)CCCc2c(N3CCCNCC3)n[nH]c21. The van der Waals surface area contributed by atoms with E-state index in [0.717, 1.165) is 26.2 Å². The Balaban J connectivity index is 1.91. The summed E-state index contributed by atoms with van der Waals surface area (Å²) in [6.45, 7) is 9.08. The highest BCUT2D eigenvalue weighted by molar-refractivity contribution is 5.52. The molecular weight excluding hydrogens is 224 g/mol. The number of anilines is 1. The maximum atomic E-state index is 4.63. The number of fused-ring (bicyclic) bond motifs is 1. The summed E-state index contributed by atoms with van der Waals surface area (Å²) >= 11 is 0. The lowest BCUT2D eigenvalue weighted by Gasteiger charge is -2.30. The molecule has 0 atom stereocenters. The molecule has 0 aromatic carbocycles. The molecule has 100 valence electrons. The summed E-state index contributed by atoms with van der Waals surface area (Å²) in [7, 11) is 0. The Morgan fingerprint density at radius 1 is 1.17 bits per heavy atom. The van der Waals surface area contributed by atoms with Gasteiger partial charge in [0.15, 0.2) is 5.82 Å². The quantitative estimate of drug-likeness (QED) is 0.797. The largest absolute Gasteiger partial charge is 0.354 e. The number of nitrogens with zero attached hydrogens (tertiary/aromatic N) is 2. The van der Waals surface area contributed by atoms with Crippen molar-refractivity contribution in [2.45, 2.75) is 44.9 Å². The first-order valence-corrected chi connectivity index (χ1v) is 7.22. The van der Waals surface area contributed by atoms with Crippen molar-refractivity contribution in [3.8, 4) is 0 Å². The van der Waals surface area contributed by atoms with Crippen LogP contribution in [0.2, 0.25) is 0 Å². The minimum atomic E-state index is 0.267. The highest BCUT2D eigenvalue weighted by atomic mass is 15.3. The average Bonchev–Trinajstić information content (AvgIpc) is 2.59. The summed E-state index contributed by atoms with van der Waals surface area (Å²) < 4.78 is 0. The van der Waals surface area contributed by atoms with Gasteiger partial charge in [0.05, 0.1) is 0 Å². The molecule has 0 unspecified atom stereocenters. The van der Waals surface area contributed by atoms with E-state index in [9.17, 15) is 0 Å². The number of rotatable bonds is 1. The van der Waals surface area contributed by atoms with Gasteiger partial charge in [0.25, 0.3) is 0 Å². The molecule has 1 fully saturated rings. The second-order valence-electron chi connectivity index (χ2n) is 6.23. The van der Waals surface area contributed by atoms with E-state index in [1.54, 1.807) is 0 Å². The Labute approximate surface area is 109 Å². The van der Waals surface area contributed by atoms with Crippen molar-refractivity contribution >= 4 is 5.82 Å². The van der Waals surface area contributed by atoms with Crippen LogP contribution in [0.15, 0.2) is 0 Å². The number of aromatic nitrogens is 2.